The van der Waals surface area contributed by atoms with Crippen LogP contribution < -0.4 is 4.90 Å². The van der Waals surface area contributed by atoms with E-state index >= 15 is 0 Å². The zero-order valence-corrected chi connectivity index (χ0v) is 14.7. The highest BCUT2D eigenvalue weighted by Gasteiger charge is 2.47. The molecule has 0 saturated carbocycles. The number of aromatic nitrogens is 4. The summed E-state index contributed by atoms with van der Waals surface area (Å²) in [5.41, 5.74) is 3.98. The molecule has 0 spiro atoms. The van der Waals surface area contributed by atoms with Crippen molar-refractivity contribution in [1.82, 2.24) is 20.0 Å². The third-order valence-corrected chi connectivity index (χ3v) is 5.15. The number of ether oxygens (including phenoxy) is 1. The number of aliphatic hydroxyl groups excluding tert-OH is 1. The number of hydrogen-bond donors (Lipinski definition) is 1. The molecule has 0 radical (unpaired) electrons. The van der Waals surface area contributed by atoms with E-state index in [1.165, 1.54) is 10.9 Å². The van der Waals surface area contributed by atoms with Crippen LogP contribution in [0.5, 0.6) is 0 Å². The van der Waals surface area contributed by atoms with E-state index in [2.05, 4.69) is 15.3 Å². The number of amides is 1. The molecule has 8 nitrogen and oxygen atoms in total. The molecule has 5 rings (SSSR count). The smallest absolute Gasteiger partial charge is 0.415 e. The van der Waals surface area contributed by atoms with E-state index in [-0.39, 0.29) is 18.3 Å². The summed E-state index contributed by atoms with van der Waals surface area (Å²) in [5, 5.41) is 17.0. The number of pyridine rings is 1. The number of hydrogen-bond acceptors (Lipinski definition) is 6. The number of fused-ring (bicyclic) bond motifs is 3. The molecule has 1 fully saturated rings. The summed E-state index contributed by atoms with van der Waals surface area (Å²) < 4.78 is 19.3. The Labute approximate surface area is 159 Å². The summed E-state index contributed by atoms with van der Waals surface area (Å²) in [6, 6.07) is 9.37. The lowest BCUT2D eigenvalue weighted by Gasteiger charge is -2.14. The van der Waals surface area contributed by atoms with Crippen molar-refractivity contribution < 1.29 is 19.0 Å². The Morgan fingerprint density at radius 3 is 2.82 bits per heavy atom. The maximum atomic E-state index is 12.6. The summed E-state index contributed by atoms with van der Waals surface area (Å²) in [7, 11) is 0. The fraction of sp³-hybridized carbons (Fsp3) is 0.263. The van der Waals surface area contributed by atoms with Crippen molar-refractivity contribution in [3.05, 3.63) is 54.0 Å². The molecule has 2 aliphatic rings. The minimum atomic E-state index is -0.671. The quantitative estimate of drug-likeness (QED) is 0.743. The molecule has 1 N–H and O–H groups in total. The first-order valence-electron chi connectivity index (χ1n) is 8.85. The average Bonchev–Trinajstić information content (AvgIpc) is 3.42. The highest BCUT2D eigenvalue weighted by Crippen LogP contribution is 2.40. The van der Waals surface area contributed by atoms with E-state index in [1.807, 2.05) is 24.3 Å². The summed E-state index contributed by atoms with van der Waals surface area (Å²) >= 11 is 0. The Bertz CT molecular complexity index is 1050. The highest BCUT2D eigenvalue weighted by atomic mass is 19.1. The first-order valence-corrected chi connectivity index (χ1v) is 8.85. The van der Waals surface area contributed by atoms with Gasteiger partial charge in [-0.1, -0.05) is 11.3 Å². The van der Waals surface area contributed by atoms with E-state index in [0.717, 1.165) is 22.4 Å². The molecule has 1 amide bonds. The van der Waals surface area contributed by atoms with Crippen molar-refractivity contribution in [1.29, 1.82) is 0 Å². The summed E-state index contributed by atoms with van der Waals surface area (Å²) in [5.74, 6) is 0.547. The number of benzene rings is 1. The first kappa shape index (κ1) is 16.8. The van der Waals surface area contributed by atoms with Gasteiger partial charge in [0.15, 0.2) is 5.82 Å². The van der Waals surface area contributed by atoms with Crippen molar-refractivity contribution in [3.8, 4) is 16.9 Å². The number of carbonyl (C=O) groups is 1. The predicted molar refractivity (Wildman–Crippen MR) is 96.7 cm³/mol. The zero-order chi connectivity index (χ0) is 19.3. The Morgan fingerprint density at radius 2 is 2.11 bits per heavy atom. The van der Waals surface area contributed by atoms with Gasteiger partial charge >= 0.3 is 6.09 Å². The molecular weight excluding hydrogens is 365 g/mol. The van der Waals surface area contributed by atoms with Gasteiger partial charge in [-0.3, -0.25) is 4.90 Å². The molecule has 1 saturated heterocycles. The lowest BCUT2D eigenvalue weighted by molar-refractivity contribution is 0.0830. The lowest BCUT2D eigenvalue weighted by atomic mass is 10.0. The van der Waals surface area contributed by atoms with Gasteiger partial charge in [0.1, 0.15) is 18.5 Å². The van der Waals surface area contributed by atoms with Gasteiger partial charge in [-0.25, -0.2) is 18.9 Å². The van der Waals surface area contributed by atoms with Crippen LogP contribution in [-0.2, 0) is 17.8 Å². The number of rotatable bonds is 4. The second-order valence-corrected chi connectivity index (χ2v) is 6.78. The normalized spacial score (nSPS) is 20.2. The average molecular weight is 381 g/mol. The third-order valence-electron chi connectivity index (χ3n) is 5.15. The fourth-order valence-corrected chi connectivity index (χ4v) is 3.78. The summed E-state index contributed by atoms with van der Waals surface area (Å²) in [6.45, 7) is -0.860. The van der Waals surface area contributed by atoms with Crippen LogP contribution in [0.15, 0.2) is 42.7 Å². The number of carbonyl (C=O) groups excluding carboxylic acids is 1. The number of nitrogens with zero attached hydrogens (tertiary/aromatic N) is 5. The molecule has 3 aromatic rings. The van der Waals surface area contributed by atoms with E-state index in [4.69, 9.17) is 4.74 Å². The maximum absolute atomic E-state index is 12.6. The van der Waals surface area contributed by atoms with Crippen molar-refractivity contribution in [2.75, 3.05) is 11.5 Å². The molecule has 4 heterocycles. The van der Waals surface area contributed by atoms with Crippen LogP contribution in [0.4, 0.5) is 14.9 Å². The molecule has 2 aromatic heterocycles. The first-order chi connectivity index (χ1) is 13.7. The van der Waals surface area contributed by atoms with Crippen LogP contribution in [0.3, 0.4) is 0 Å². The molecule has 2 atom stereocenters. The molecule has 2 aliphatic heterocycles. The molecule has 0 unspecified atom stereocenters. The second-order valence-electron chi connectivity index (χ2n) is 6.78. The van der Waals surface area contributed by atoms with Crippen LogP contribution in [0.1, 0.15) is 11.3 Å². The van der Waals surface area contributed by atoms with Crippen molar-refractivity contribution in [3.63, 3.8) is 0 Å². The molecule has 142 valence electrons. The van der Waals surface area contributed by atoms with Crippen LogP contribution in [-0.4, -0.2) is 49.9 Å². The third kappa shape index (κ3) is 2.55. The standard InChI is InChI=1S/C19H16FN5O3/c20-7-14-9-24(23-22-14)18-4-2-12(8-21-18)11-1-3-15-13(5-11)6-16-17(10-26)28-19(27)25(15)16/h1-5,8-9,16-17,26H,6-7,10H2/t16-,17-/m0/s1. The largest absolute Gasteiger partial charge is 0.441 e. The van der Waals surface area contributed by atoms with E-state index in [1.54, 1.807) is 17.2 Å². The van der Waals surface area contributed by atoms with E-state index in [9.17, 15) is 14.3 Å². The number of anilines is 1. The second kappa shape index (κ2) is 6.38. The zero-order valence-electron chi connectivity index (χ0n) is 14.7. The van der Waals surface area contributed by atoms with Crippen LogP contribution >= 0.6 is 0 Å². The SMILES string of the molecule is O=C1O[C@@H](CO)[C@@H]2Cc3cc(-c4ccc(-n5cc(CF)nn5)nc4)ccc3N12. The fourth-order valence-electron chi connectivity index (χ4n) is 3.78. The minimum absolute atomic E-state index is 0.166. The van der Waals surface area contributed by atoms with Crippen molar-refractivity contribution in [2.45, 2.75) is 25.2 Å². The molecule has 28 heavy (non-hydrogen) atoms. The number of halogens is 1. The molecule has 1 aromatic carbocycles. The van der Waals surface area contributed by atoms with Gasteiger partial charge in [0.25, 0.3) is 0 Å². The van der Waals surface area contributed by atoms with Crippen molar-refractivity contribution >= 4 is 11.8 Å². The van der Waals surface area contributed by atoms with E-state index < -0.39 is 18.9 Å². The van der Waals surface area contributed by atoms with Crippen LogP contribution in [0, 0.1) is 0 Å². The van der Waals surface area contributed by atoms with E-state index in [0.29, 0.717) is 12.2 Å². The predicted octanol–water partition coefficient (Wildman–Crippen LogP) is 2.04. The molecule has 9 heteroatoms. The Kier molecular flexibility index (Phi) is 3.83. The van der Waals surface area contributed by atoms with Gasteiger partial charge in [-0.15, -0.1) is 5.10 Å². The number of alkyl halides is 1. The van der Waals surface area contributed by atoms with Crippen LogP contribution in [0.25, 0.3) is 16.9 Å². The topological polar surface area (TPSA) is 93.4 Å². The molecule has 0 aliphatic carbocycles. The lowest BCUT2D eigenvalue weighted by Crippen LogP contribution is -2.34. The number of cyclic esters (lactones) is 1. The maximum Gasteiger partial charge on any atom is 0.415 e. The van der Waals surface area contributed by atoms with Gasteiger partial charge in [0, 0.05) is 11.8 Å². The molecule has 0 bridgehead atoms. The van der Waals surface area contributed by atoms with Gasteiger partial charge in [0.2, 0.25) is 0 Å². The highest BCUT2D eigenvalue weighted by molar-refractivity contribution is 5.94. The van der Waals surface area contributed by atoms with Crippen LogP contribution in [0.2, 0.25) is 0 Å². The number of aliphatic hydroxyl groups is 1. The summed E-state index contributed by atoms with van der Waals surface area (Å²) in [4.78, 5) is 18.1. The monoisotopic (exact) mass is 381 g/mol. The Balaban J connectivity index is 1.43. The van der Waals surface area contributed by atoms with Gasteiger partial charge < -0.3 is 9.84 Å². The van der Waals surface area contributed by atoms with Gasteiger partial charge in [0.05, 0.1) is 24.5 Å². The Hall–Kier alpha value is -3.33. The van der Waals surface area contributed by atoms with Gasteiger partial charge in [-0.2, -0.15) is 0 Å². The Morgan fingerprint density at radius 1 is 1.25 bits per heavy atom. The van der Waals surface area contributed by atoms with Gasteiger partial charge in [-0.05, 0) is 41.8 Å². The molecular formula is C19H16FN5O3. The van der Waals surface area contributed by atoms with Crippen molar-refractivity contribution in [2.24, 2.45) is 0 Å². The summed E-state index contributed by atoms with van der Waals surface area (Å²) in [6.07, 6.45) is 2.94. The minimum Gasteiger partial charge on any atom is -0.441 e.